The van der Waals surface area contributed by atoms with Gasteiger partial charge in [0.2, 0.25) is 0 Å². The van der Waals surface area contributed by atoms with Gasteiger partial charge in [-0.05, 0) is 24.6 Å². The van der Waals surface area contributed by atoms with Gasteiger partial charge < -0.3 is 20.5 Å². The summed E-state index contributed by atoms with van der Waals surface area (Å²) >= 11 is 0. The lowest BCUT2D eigenvalue weighted by Crippen LogP contribution is -2.46. The van der Waals surface area contributed by atoms with E-state index in [-0.39, 0.29) is 35.8 Å². The monoisotopic (exact) mass is 486 g/mol. The number of nitrogens with zero attached hydrogens (tertiary/aromatic N) is 4. The van der Waals surface area contributed by atoms with Gasteiger partial charge in [0.15, 0.2) is 11.8 Å². The second kappa shape index (κ2) is 9.77. The molecule has 0 bridgehead atoms. The molecule has 0 saturated carbocycles. The molecule has 1 atom stereocenters. The molecule has 2 heterocycles. The van der Waals surface area contributed by atoms with Crippen LogP contribution in [0.5, 0.6) is 11.5 Å². The number of halogens is 1. The van der Waals surface area contributed by atoms with Crippen molar-refractivity contribution in [3.63, 3.8) is 0 Å². The van der Waals surface area contributed by atoms with Gasteiger partial charge in [0.25, 0.3) is 0 Å². The zero-order valence-electron chi connectivity index (χ0n) is 15.9. The molecule has 8 nitrogen and oxygen atoms in total. The summed E-state index contributed by atoms with van der Waals surface area (Å²) in [4.78, 5) is 8.83. The summed E-state index contributed by atoms with van der Waals surface area (Å²) in [6, 6.07) is 5.40. The number of fused-ring (bicyclic) bond motifs is 1. The Balaban J connectivity index is 0.00000261. The molecule has 0 aliphatic carbocycles. The van der Waals surface area contributed by atoms with Gasteiger partial charge in [-0.2, -0.15) is 5.10 Å². The maximum Gasteiger partial charge on any atom is 0.191 e. The molecule has 0 fully saturated rings. The van der Waals surface area contributed by atoms with Crippen LogP contribution in [-0.2, 0) is 25.9 Å². The van der Waals surface area contributed by atoms with Gasteiger partial charge in [0, 0.05) is 38.0 Å². The molecule has 0 radical (unpaired) electrons. The first kappa shape index (κ1) is 21.3. The van der Waals surface area contributed by atoms with E-state index in [1.807, 2.05) is 10.7 Å². The molecule has 1 aliphatic rings. The van der Waals surface area contributed by atoms with E-state index < -0.39 is 0 Å². The fraction of sp³-hybridized carbons (Fsp3) is 0.500. The van der Waals surface area contributed by atoms with Gasteiger partial charge in [-0.1, -0.05) is 6.92 Å². The number of hydrogen-bond donors (Lipinski definition) is 3. The summed E-state index contributed by atoms with van der Waals surface area (Å²) in [6.07, 6.45) is 2.73. The molecular weight excluding hydrogens is 459 g/mol. The first-order valence-corrected chi connectivity index (χ1v) is 8.88. The Hall–Kier alpha value is -2.04. The number of aliphatic imine (C=N–C) groups is 1. The number of ether oxygens (including phenoxy) is 1. The predicted molar refractivity (Wildman–Crippen MR) is 115 cm³/mol. The maximum absolute atomic E-state index is 10.00. The highest BCUT2D eigenvalue weighted by molar-refractivity contribution is 14.0. The Morgan fingerprint density at radius 2 is 2.26 bits per heavy atom. The molecule has 2 aromatic rings. The van der Waals surface area contributed by atoms with E-state index in [1.165, 1.54) is 0 Å². The normalized spacial score (nSPS) is 16.3. The molecule has 9 heteroatoms. The van der Waals surface area contributed by atoms with Crippen molar-refractivity contribution in [2.24, 2.45) is 4.99 Å². The van der Waals surface area contributed by atoms with Crippen LogP contribution in [0.3, 0.4) is 0 Å². The summed E-state index contributed by atoms with van der Waals surface area (Å²) in [7, 11) is 3.34. The highest BCUT2D eigenvalue weighted by Crippen LogP contribution is 2.22. The highest BCUT2D eigenvalue weighted by atomic mass is 127. The molecule has 1 aromatic heterocycles. The standard InChI is InChI=1S/C18H26N6O2.HI/c1-4-16-22-17-8-5-13(11-24(17)23-16)21-18(19-2)20-10-12-9-14(26-3)6-7-15(12)25;/h6-7,9,13,25H,4-5,8,10-11H2,1-3H3,(H2,19,20,21);1H. The third kappa shape index (κ3) is 5.24. The van der Waals surface area contributed by atoms with Crippen LogP contribution in [0.15, 0.2) is 23.2 Å². The molecular formula is C18H27IN6O2. The number of guanidine groups is 1. The van der Waals surface area contributed by atoms with Crippen molar-refractivity contribution >= 4 is 29.9 Å². The Morgan fingerprint density at radius 1 is 1.44 bits per heavy atom. The smallest absolute Gasteiger partial charge is 0.191 e. The van der Waals surface area contributed by atoms with Gasteiger partial charge >= 0.3 is 0 Å². The topological polar surface area (TPSA) is 96.6 Å². The number of aromatic hydroxyl groups is 1. The molecule has 3 N–H and O–H groups in total. The van der Waals surface area contributed by atoms with E-state index >= 15 is 0 Å². The van der Waals surface area contributed by atoms with Crippen molar-refractivity contribution in [1.29, 1.82) is 0 Å². The number of nitrogens with one attached hydrogen (secondary N) is 2. The minimum Gasteiger partial charge on any atom is -0.508 e. The van der Waals surface area contributed by atoms with Crippen LogP contribution < -0.4 is 15.4 Å². The molecule has 1 unspecified atom stereocenters. The van der Waals surface area contributed by atoms with Crippen LogP contribution >= 0.6 is 24.0 Å². The van der Waals surface area contributed by atoms with Gasteiger partial charge in [0.1, 0.15) is 17.3 Å². The predicted octanol–water partition coefficient (Wildman–Crippen LogP) is 1.85. The minimum atomic E-state index is 0. The van der Waals surface area contributed by atoms with Crippen LogP contribution in [0, 0.1) is 0 Å². The zero-order chi connectivity index (χ0) is 18.5. The van der Waals surface area contributed by atoms with Gasteiger partial charge in [-0.25, -0.2) is 9.67 Å². The van der Waals surface area contributed by atoms with Crippen LogP contribution in [0.1, 0.15) is 30.6 Å². The molecule has 27 heavy (non-hydrogen) atoms. The fourth-order valence-corrected chi connectivity index (χ4v) is 3.03. The van der Waals surface area contributed by atoms with Gasteiger partial charge in [-0.3, -0.25) is 4.99 Å². The number of aryl methyl sites for hydroxylation is 2. The quantitative estimate of drug-likeness (QED) is 0.339. The van der Waals surface area contributed by atoms with Crippen molar-refractivity contribution in [2.45, 2.75) is 45.3 Å². The van der Waals surface area contributed by atoms with E-state index in [2.05, 4.69) is 32.6 Å². The van der Waals surface area contributed by atoms with Crippen molar-refractivity contribution in [3.8, 4) is 11.5 Å². The average Bonchev–Trinajstić information content (AvgIpc) is 3.08. The molecule has 0 amide bonds. The number of methoxy groups -OCH3 is 1. The SMILES string of the molecule is CCc1nc2n(n1)CC(NC(=NC)NCc1cc(OC)ccc1O)CC2.I. The van der Waals surface area contributed by atoms with Crippen molar-refractivity contribution < 1.29 is 9.84 Å². The first-order chi connectivity index (χ1) is 12.6. The largest absolute Gasteiger partial charge is 0.508 e. The van der Waals surface area contributed by atoms with Crippen LogP contribution in [-0.4, -0.2) is 46.0 Å². The van der Waals surface area contributed by atoms with Crippen LogP contribution in [0.4, 0.5) is 0 Å². The fourth-order valence-electron chi connectivity index (χ4n) is 3.03. The number of hydrogen-bond acceptors (Lipinski definition) is 5. The Morgan fingerprint density at radius 3 is 2.96 bits per heavy atom. The van der Waals surface area contributed by atoms with Crippen molar-refractivity contribution in [2.75, 3.05) is 14.2 Å². The second-order valence-corrected chi connectivity index (χ2v) is 6.28. The Labute approximate surface area is 176 Å². The molecule has 148 valence electrons. The Kier molecular flexibility index (Phi) is 7.69. The van der Waals surface area contributed by atoms with Crippen LogP contribution in [0.25, 0.3) is 0 Å². The van der Waals surface area contributed by atoms with Crippen molar-refractivity contribution in [3.05, 3.63) is 35.4 Å². The summed E-state index contributed by atoms with van der Waals surface area (Å²) < 4.78 is 7.20. The second-order valence-electron chi connectivity index (χ2n) is 6.28. The first-order valence-electron chi connectivity index (χ1n) is 8.88. The lowest BCUT2D eigenvalue weighted by atomic mass is 10.1. The number of rotatable bonds is 5. The van der Waals surface area contributed by atoms with Crippen LogP contribution in [0.2, 0.25) is 0 Å². The zero-order valence-corrected chi connectivity index (χ0v) is 18.2. The lowest BCUT2D eigenvalue weighted by Gasteiger charge is -2.25. The van der Waals surface area contributed by atoms with E-state index in [0.29, 0.717) is 18.3 Å². The summed E-state index contributed by atoms with van der Waals surface area (Å²) in [5.41, 5.74) is 0.752. The van der Waals surface area contributed by atoms with E-state index in [9.17, 15) is 5.11 Å². The maximum atomic E-state index is 10.00. The number of phenolic OH excluding ortho intramolecular Hbond substituents is 1. The third-order valence-corrected chi connectivity index (χ3v) is 4.52. The lowest BCUT2D eigenvalue weighted by molar-refractivity contribution is 0.391. The average molecular weight is 486 g/mol. The summed E-state index contributed by atoms with van der Waals surface area (Å²) in [6.45, 7) is 3.29. The van der Waals surface area contributed by atoms with E-state index in [4.69, 9.17) is 4.74 Å². The highest BCUT2D eigenvalue weighted by Gasteiger charge is 2.22. The molecule has 0 saturated heterocycles. The number of benzene rings is 1. The molecule has 1 aromatic carbocycles. The minimum absolute atomic E-state index is 0. The summed E-state index contributed by atoms with van der Waals surface area (Å²) in [5, 5.41) is 21.2. The van der Waals surface area contributed by atoms with Gasteiger partial charge in [0.05, 0.1) is 13.7 Å². The third-order valence-electron chi connectivity index (χ3n) is 4.52. The van der Waals surface area contributed by atoms with E-state index in [0.717, 1.165) is 43.0 Å². The Bertz CT molecular complexity index is 792. The molecule has 3 rings (SSSR count). The summed E-state index contributed by atoms with van der Waals surface area (Å²) in [5.74, 6) is 3.59. The molecule has 1 aliphatic heterocycles. The molecule has 0 spiro atoms. The number of aromatic nitrogens is 3. The number of phenols is 1. The van der Waals surface area contributed by atoms with Crippen molar-refractivity contribution in [1.82, 2.24) is 25.4 Å². The van der Waals surface area contributed by atoms with Gasteiger partial charge in [-0.15, -0.1) is 24.0 Å². The van der Waals surface area contributed by atoms with E-state index in [1.54, 1.807) is 26.3 Å².